The zero-order valence-corrected chi connectivity index (χ0v) is 14.1. The number of hydrogen-bond donors (Lipinski definition) is 0. The smallest absolute Gasteiger partial charge is 0.186 e. The summed E-state index contributed by atoms with van der Waals surface area (Å²) in [6, 6.07) is 9.96. The van der Waals surface area contributed by atoms with Crippen LogP contribution in [0.25, 0.3) is 5.69 Å². The molecule has 0 aliphatic carbocycles. The Bertz CT molecular complexity index is 651. The van der Waals surface area contributed by atoms with E-state index in [1.807, 2.05) is 24.3 Å². The molecule has 23 heavy (non-hydrogen) atoms. The fraction of sp³-hybridized carbons (Fsp3) is 0.500. The highest BCUT2D eigenvalue weighted by molar-refractivity contribution is 5.41. The van der Waals surface area contributed by atoms with Gasteiger partial charge in [-0.15, -0.1) is 5.10 Å². The lowest BCUT2D eigenvalue weighted by atomic mass is 9.97. The molecule has 0 radical (unpaired) electrons. The quantitative estimate of drug-likeness (QED) is 0.685. The Morgan fingerprint density at radius 2 is 1.87 bits per heavy atom. The van der Waals surface area contributed by atoms with Gasteiger partial charge in [0.15, 0.2) is 5.69 Å². The molecule has 0 atom stereocenters. The molecule has 0 fully saturated rings. The van der Waals surface area contributed by atoms with Gasteiger partial charge in [0, 0.05) is 5.92 Å². The maximum absolute atomic E-state index is 9.30. The Morgan fingerprint density at radius 3 is 2.43 bits per heavy atom. The van der Waals surface area contributed by atoms with Crippen LogP contribution in [0.5, 0.6) is 5.75 Å². The largest absolute Gasteiger partial charge is 0.494 e. The van der Waals surface area contributed by atoms with Crippen molar-refractivity contribution in [2.75, 3.05) is 6.61 Å². The monoisotopic (exact) mass is 312 g/mol. The van der Waals surface area contributed by atoms with Gasteiger partial charge in [-0.3, -0.25) is 0 Å². The molecule has 1 aromatic carbocycles. The summed E-state index contributed by atoms with van der Waals surface area (Å²) in [5.74, 6) is 1.13. The Morgan fingerprint density at radius 1 is 1.17 bits per heavy atom. The molecule has 0 saturated carbocycles. The summed E-state index contributed by atoms with van der Waals surface area (Å²) < 4.78 is 7.47. The minimum atomic E-state index is 0.278. The van der Waals surface area contributed by atoms with Crippen LogP contribution in [-0.2, 0) is 0 Å². The Labute approximate surface area is 137 Å². The van der Waals surface area contributed by atoms with Crippen molar-refractivity contribution >= 4 is 0 Å². The highest BCUT2D eigenvalue weighted by Crippen LogP contribution is 2.27. The molecule has 0 aliphatic rings. The van der Waals surface area contributed by atoms with Crippen LogP contribution in [0.2, 0.25) is 0 Å². The number of nitriles is 1. The van der Waals surface area contributed by atoms with Gasteiger partial charge in [-0.1, -0.05) is 32.4 Å². The number of benzene rings is 1. The molecule has 2 rings (SSSR count). The van der Waals surface area contributed by atoms with Crippen molar-refractivity contribution in [1.29, 1.82) is 5.26 Å². The average molecular weight is 312 g/mol. The molecule has 1 heterocycles. The van der Waals surface area contributed by atoms with E-state index >= 15 is 0 Å². The third kappa shape index (κ3) is 3.89. The molecule has 2 aromatic rings. The van der Waals surface area contributed by atoms with Crippen molar-refractivity contribution < 1.29 is 4.74 Å². The van der Waals surface area contributed by atoms with Gasteiger partial charge >= 0.3 is 0 Å². The summed E-state index contributed by atoms with van der Waals surface area (Å²) in [6.07, 6.45) is 4.08. The predicted octanol–water partition coefficient (Wildman–Crippen LogP) is 4.22. The SMILES string of the molecule is CCCCOc1ccc(-n2nnc(C#N)c2C(CC)CC)cc1. The van der Waals surface area contributed by atoms with Crippen LogP contribution in [0, 0.1) is 11.3 Å². The zero-order chi connectivity index (χ0) is 16.7. The van der Waals surface area contributed by atoms with Crippen LogP contribution in [0.4, 0.5) is 0 Å². The summed E-state index contributed by atoms with van der Waals surface area (Å²) >= 11 is 0. The van der Waals surface area contributed by atoms with E-state index in [9.17, 15) is 5.26 Å². The summed E-state index contributed by atoms with van der Waals surface area (Å²) in [5, 5.41) is 17.5. The Hall–Kier alpha value is -2.35. The van der Waals surface area contributed by atoms with Crippen LogP contribution in [0.1, 0.15) is 63.8 Å². The second kappa shape index (κ2) is 8.33. The molecule has 0 N–H and O–H groups in total. The minimum Gasteiger partial charge on any atom is -0.494 e. The van der Waals surface area contributed by atoms with Crippen molar-refractivity contribution in [3.8, 4) is 17.5 Å². The molecule has 0 bridgehead atoms. The molecule has 0 unspecified atom stereocenters. The van der Waals surface area contributed by atoms with Gasteiger partial charge in [-0.05, 0) is 43.5 Å². The van der Waals surface area contributed by atoms with Gasteiger partial charge in [0.25, 0.3) is 0 Å². The second-order valence-electron chi connectivity index (χ2n) is 5.56. The normalized spacial score (nSPS) is 10.7. The fourth-order valence-corrected chi connectivity index (χ4v) is 2.62. The van der Waals surface area contributed by atoms with Gasteiger partial charge in [-0.2, -0.15) is 5.26 Å². The Balaban J connectivity index is 2.28. The molecular weight excluding hydrogens is 288 g/mol. The van der Waals surface area contributed by atoms with Crippen LogP contribution in [-0.4, -0.2) is 21.6 Å². The van der Waals surface area contributed by atoms with Gasteiger partial charge in [0.05, 0.1) is 18.0 Å². The molecule has 122 valence electrons. The topological polar surface area (TPSA) is 63.7 Å². The third-order valence-corrected chi connectivity index (χ3v) is 4.03. The molecule has 0 aliphatic heterocycles. The minimum absolute atomic E-state index is 0.278. The molecule has 0 spiro atoms. The van der Waals surface area contributed by atoms with Crippen LogP contribution < -0.4 is 4.74 Å². The van der Waals surface area contributed by atoms with Crippen molar-refractivity contribution in [2.24, 2.45) is 0 Å². The van der Waals surface area contributed by atoms with Crippen LogP contribution in [0.15, 0.2) is 24.3 Å². The second-order valence-corrected chi connectivity index (χ2v) is 5.56. The van der Waals surface area contributed by atoms with Crippen LogP contribution in [0.3, 0.4) is 0 Å². The van der Waals surface area contributed by atoms with Gasteiger partial charge in [0.1, 0.15) is 11.8 Å². The highest BCUT2D eigenvalue weighted by Gasteiger charge is 2.21. The molecule has 0 saturated heterocycles. The molecule has 0 amide bonds. The summed E-state index contributed by atoms with van der Waals surface area (Å²) in [7, 11) is 0. The molecule has 5 heteroatoms. The van der Waals surface area contributed by atoms with E-state index < -0.39 is 0 Å². The lowest BCUT2D eigenvalue weighted by Gasteiger charge is -2.15. The van der Waals surface area contributed by atoms with E-state index in [1.54, 1.807) is 4.68 Å². The van der Waals surface area contributed by atoms with Crippen molar-refractivity contribution in [3.05, 3.63) is 35.7 Å². The predicted molar refractivity (Wildman–Crippen MR) is 89.8 cm³/mol. The first kappa shape index (κ1) is 17.0. The average Bonchev–Trinajstić information content (AvgIpc) is 3.01. The number of nitrogens with zero attached hydrogens (tertiary/aromatic N) is 4. The standard InChI is InChI=1S/C18H24N4O/c1-4-7-12-23-16-10-8-15(9-11-16)22-18(14(5-2)6-3)17(13-19)20-21-22/h8-11,14H,4-7,12H2,1-3H3. The van der Waals surface area contributed by atoms with E-state index in [0.717, 1.165) is 49.4 Å². The van der Waals surface area contributed by atoms with Crippen LogP contribution >= 0.6 is 0 Å². The summed E-state index contributed by atoms with van der Waals surface area (Å²) in [6.45, 7) is 7.12. The number of unbranched alkanes of at least 4 members (excludes halogenated alkanes) is 1. The lowest BCUT2D eigenvalue weighted by molar-refractivity contribution is 0.309. The van der Waals surface area contributed by atoms with Crippen molar-refractivity contribution in [1.82, 2.24) is 15.0 Å². The fourth-order valence-electron chi connectivity index (χ4n) is 2.62. The number of aromatic nitrogens is 3. The number of ether oxygens (including phenoxy) is 1. The van der Waals surface area contributed by atoms with E-state index in [2.05, 4.69) is 37.2 Å². The maximum atomic E-state index is 9.30. The Kier molecular flexibility index (Phi) is 6.16. The van der Waals surface area contributed by atoms with Gasteiger partial charge in [-0.25, -0.2) is 4.68 Å². The first-order valence-electron chi connectivity index (χ1n) is 8.34. The summed E-state index contributed by atoms with van der Waals surface area (Å²) in [4.78, 5) is 0. The van der Waals surface area contributed by atoms with E-state index in [1.165, 1.54) is 0 Å². The number of rotatable bonds is 8. The van der Waals surface area contributed by atoms with Gasteiger partial charge in [0.2, 0.25) is 0 Å². The zero-order valence-electron chi connectivity index (χ0n) is 14.1. The van der Waals surface area contributed by atoms with E-state index in [4.69, 9.17) is 4.74 Å². The first-order chi connectivity index (χ1) is 11.2. The third-order valence-electron chi connectivity index (χ3n) is 4.03. The van der Waals surface area contributed by atoms with Gasteiger partial charge < -0.3 is 4.74 Å². The highest BCUT2D eigenvalue weighted by atomic mass is 16.5. The molecule has 5 nitrogen and oxygen atoms in total. The molecular formula is C18H24N4O. The lowest BCUT2D eigenvalue weighted by Crippen LogP contribution is -2.08. The first-order valence-corrected chi connectivity index (χ1v) is 8.34. The molecule has 1 aromatic heterocycles. The van der Waals surface area contributed by atoms with Crippen molar-refractivity contribution in [3.63, 3.8) is 0 Å². The van der Waals surface area contributed by atoms with Crippen molar-refractivity contribution in [2.45, 2.75) is 52.4 Å². The summed E-state index contributed by atoms with van der Waals surface area (Å²) in [5.41, 5.74) is 2.22. The van der Waals surface area contributed by atoms with E-state index in [-0.39, 0.29) is 5.92 Å². The maximum Gasteiger partial charge on any atom is 0.186 e. The van der Waals surface area contributed by atoms with E-state index in [0.29, 0.717) is 5.69 Å². The number of hydrogen-bond acceptors (Lipinski definition) is 4.